The third-order valence-corrected chi connectivity index (χ3v) is 8.97. The molecule has 0 amide bonds. The van der Waals surface area contributed by atoms with Gasteiger partial charge in [-0.25, -0.2) is 4.79 Å². The number of carbonyl (C=O) groups excluding carboxylic acids is 1. The summed E-state index contributed by atoms with van der Waals surface area (Å²) in [5.41, 5.74) is -2.38. The van der Waals surface area contributed by atoms with Crippen LogP contribution in [0.4, 0.5) is 0 Å². The van der Waals surface area contributed by atoms with Crippen molar-refractivity contribution in [1.29, 1.82) is 0 Å². The molecule has 0 saturated carbocycles. The van der Waals surface area contributed by atoms with E-state index in [4.69, 9.17) is 9.47 Å². The first-order valence-electron chi connectivity index (χ1n) is 15.0. The highest BCUT2D eigenvalue weighted by Crippen LogP contribution is 2.26. The molecule has 0 bridgehead atoms. The Morgan fingerprint density at radius 2 is 1.32 bits per heavy atom. The Morgan fingerprint density at radius 3 is 1.84 bits per heavy atom. The van der Waals surface area contributed by atoms with Crippen LogP contribution >= 0.6 is 20.2 Å². The number of hydrogen-bond donors (Lipinski definition) is 1. The van der Waals surface area contributed by atoms with Gasteiger partial charge < -0.3 is 19.3 Å². The highest BCUT2D eigenvalue weighted by Gasteiger charge is 2.48. The van der Waals surface area contributed by atoms with Crippen LogP contribution in [0.5, 0.6) is 0 Å². The Hall–Kier alpha value is -0.200. The molecule has 6 nitrogen and oxygen atoms in total. The number of ether oxygens (including phenoxy) is 3. The zero-order valence-electron chi connectivity index (χ0n) is 24.4. The molecule has 8 heteroatoms. The first-order valence-corrected chi connectivity index (χ1v) is 17.0. The SMILES string of the molecule is CCCCCCCCCCCCCSC(CCCCCCC)C(C)OCCCOC(O)([PH+]=O)C(=O)OC. The average Bonchev–Trinajstić information content (AvgIpc) is 2.91. The molecule has 0 aliphatic heterocycles. The van der Waals surface area contributed by atoms with E-state index in [1.807, 2.05) is 0 Å². The van der Waals surface area contributed by atoms with Crippen LogP contribution < -0.4 is 0 Å². The zero-order chi connectivity index (χ0) is 27.6. The summed E-state index contributed by atoms with van der Waals surface area (Å²) in [7, 11) is -0.223. The topological polar surface area (TPSA) is 82.1 Å². The first kappa shape index (κ1) is 36.8. The molecule has 0 heterocycles. The molecule has 0 aromatic rings. The lowest BCUT2D eigenvalue weighted by Gasteiger charge is -2.24. The molecule has 0 aromatic heterocycles. The highest BCUT2D eigenvalue weighted by molar-refractivity contribution is 7.99. The van der Waals surface area contributed by atoms with Gasteiger partial charge in [-0.15, -0.1) is 0 Å². The summed E-state index contributed by atoms with van der Waals surface area (Å²) in [6.45, 7) is 7.20. The maximum Gasteiger partial charge on any atom is 0.470 e. The maximum atomic E-state index is 11.5. The molecule has 0 aromatic carbocycles. The highest BCUT2D eigenvalue weighted by atomic mass is 32.2. The predicted molar refractivity (Wildman–Crippen MR) is 158 cm³/mol. The fourth-order valence-corrected chi connectivity index (χ4v) is 6.03. The number of rotatable bonds is 28. The van der Waals surface area contributed by atoms with Gasteiger partial charge in [0.2, 0.25) is 0 Å². The lowest BCUT2D eigenvalue weighted by molar-refractivity contribution is -0.193. The molecule has 220 valence electrons. The Bertz CT molecular complexity index is 539. The van der Waals surface area contributed by atoms with E-state index in [1.165, 1.54) is 115 Å². The van der Waals surface area contributed by atoms with Crippen molar-refractivity contribution in [3.63, 3.8) is 0 Å². The largest absolute Gasteiger partial charge is 0.470 e. The second-order valence-electron chi connectivity index (χ2n) is 10.2. The minimum absolute atomic E-state index is 0.0706. The molecular formula is C29H58O6PS+. The predicted octanol–water partition coefficient (Wildman–Crippen LogP) is 8.41. The first-order chi connectivity index (χ1) is 17.9. The van der Waals surface area contributed by atoms with E-state index in [9.17, 15) is 14.5 Å². The minimum atomic E-state index is -2.38. The number of aliphatic hydroxyl groups is 1. The Morgan fingerprint density at radius 1 is 0.811 bits per heavy atom. The van der Waals surface area contributed by atoms with Gasteiger partial charge in [-0.05, 0) is 31.9 Å². The molecule has 1 N–H and O–H groups in total. The van der Waals surface area contributed by atoms with Gasteiger partial charge in [0.05, 0.1) is 19.8 Å². The summed E-state index contributed by atoms with van der Waals surface area (Å²) in [4.78, 5) is 11.5. The molecule has 0 saturated heterocycles. The van der Waals surface area contributed by atoms with Crippen LogP contribution in [0.3, 0.4) is 0 Å². The van der Waals surface area contributed by atoms with Gasteiger partial charge in [0, 0.05) is 11.9 Å². The van der Waals surface area contributed by atoms with Gasteiger partial charge in [-0.3, -0.25) is 0 Å². The summed E-state index contributed by atoms with van der Waals surface area (Å²) in [5.74, 6) is 0.140. The number of methoxy groups -OCH3 is 1. The zero-order valence-corrected chi connectivity index (χ0v) is 26.2. The molecule has 0 aliphatic carbocycles. The summed E-state index contributed by atoms with van der Waals surface area (Å²) < 4.78 is 26.8. The van der Waals surface area contributed by atoms with Gasteiger partial charge in [0.1, 0.15) is 0 Å². The molecule has 0 spiro atoms. The molecule has 0 rings (SSSR count). The molecule has 37 heavy (non-hydrogen) atoms. The number of esters is 1. The van der Waals surface area contributed by atoms with Crippen LogP contribution in [0.25, 0.3) is 0 Å². The quantitative estimate of drug-likeness (QED) is 0.0441. The third-order valence-electron chi connectivity index (χ3n) is 6.78. The van der Waals surface area contributed by atoms with Gasteiger partial charge in [-0.2, -0.15) is 11.8 Å². The Kier molecular flexibility index (Phi) is 25.9. The van der Waals surface area contributed by atoms with E-state index in [0.717, 1.165) is 7.11 Å². The lowest BCUT2D eigenvalue weighted by atomic mass is 10.1. The van der Waals surface area contributed by atoms with Crippen molar-refractivity contribution in [2.24, 2.45) is 0 Å². The van der Waals surface area contributed by atoms with E-state index in [1.54, 1.807) is 0 Å². The van der Waals surface area contributed by atoms with Crippen LogP contribution in [-0.4, -0.2) is 54.0 Å². The van der Waals surface area contributed by atoms with Crippen molar-refractivity contribution in [3.8, 4) is 0 Å². The Labute approximate surface area is 233 Å². The molecule has 0 radical (unpaired) electrons. The van der Waals surface area contributed by atoms with Crippen LogP contribution in [0.1, 0.15) is 136 Å². The van der Waals surface area contributed by atoms with E-state index in [0.29, 0.717) is 18.3 Å². The molecule has 0 fully saturated rings. The fraction of sp³-hybridized carbons (Fsp3) is 0.966. The fourth-order valence-electron chi connectivity index (χ4n) is 4.33. The van der Waals surface area contributed by atoms with Crippen molar-refractivity contribution < 1.29 is 28.7 Å². The summed E-state index contributed by atoms with van der Waals surface area (Å²) >= 11 is 2.05. The van der Waals surface area contributed by atoms with Crippen molar-refractivity contribution in [2.45, 2.75) is 153 Å². The monoisotopic (exact) mass is 565 g/mol. The smallest absolute Gasteiger partial charge is 0.461 e. The van der Waals surface area contributed by atoms with Crippen LogP contribution in [0, 0.1) is 0 Å². The van der Waals surface area contributed by atoms with Crippen LogP contribution in [0.15, 0.2) is 0 Å². The standard InChI is InChI=1S/C29H57O6PS/c1-5-7-9-11-12-13-14-15-16-18-20-25-37-27(22-19-17-10-8-6-2)26(3)34-23-21-24-35-29(31,36-32)28(30)33-4/h26-27,31H,5-25H2,1-4H3/p+1. The summed E-state index contributed by atoms with van der Waals surface area (Å²) in [6.07, 6.45) is 23.3. The van der Waals surface area contributed by atoms with E-state index in [-0.39, 0.29) is 12.7 Å². The number of carbonyl (C=O) groups is 1. The van der Waals surface area contributed by atoms with Crippen molar-refractivity contribution >= 4 is 26.2 Å². The van der Waals surface area contributed by atoms with E-state index < -0.39 is 20.0 Å². The van der Waals surface area contributed by atoms with E-state index >= 15 is 0 Å². The van der Waals surface area contributed by atoms with E-state index in [2.05, 4.69) is 37.3 Å². The summed E-state index contributed by atoms with van der Waals surface area (Å²) in [5, 5.41) is 10.4. The second-order valence-corrected chi connectivity index (χ2v) is 12.4. The van der Waals surface area contributed by atoms with Gasteiger partial charge >= 0.3 is 20.0 Å². The summed E-state index contributed by atoms with van der Waals surface area (Å²) in [6, 6.07) is 0. The molecule has 4 atom stereocenters. The van der Waals surface area contributed by atoms with Crippen molar-refractivity contribution in [1.82, 2.24) is 0 Å². The van der Waals surface area contributed by atoms with Crippen LogP contribution in [0.2, 0.25) is 0 Å². The van der Waals surface area contributed by atoms with Crippen molar-refractivity contribution in [2.75, 3.05) is 26.1 Å². The van der Waals surface area contributed by atoms with Gasteiger partial charge in [0.15, 0.2) is 0 Å². The average molecular weight is 566 g/mol. The van der Waals surface area contributed by atoms with Crippen LogP contribution in [-0.2, 0) is 23.6 Å². The molecule has 0 aliphatic rings. The minimum Gasteiger partial charge on any atom is -0.461 e. The number of thioether (sulfide) groups is 1. The third kappa shape index (κ3) is 20.4. The molecule has 4 unspecified atom stereocenters. The second kappa shape index (κ2) is 26.0. The Balaban J connectivity index is 4.19. The van der Waals surface area contributed by atoms with Gasteiger partial charge in [0.25, 0.3) is 0 Å². The lowest BCUT2D eigenvalue weighted by Crippen LogP contribution is -2.37. The normalized spacial score (nSPS) is 14.9. The molecular weight excluding hydrogens is 507 g/mol. The number of unbranched alkanes of at least 4 members (excludes halogenated alkanes) is 14. The maximum absolute atomic E-state index is 11.5. The number of hydrogen-bond acceptors (Lipinski definition) is 7. The van der Waals surface area contributed by atoms with Crippen molar-refractivity contribution in [3.05, 3.63) is 0 Å². The van der Waals surface area contributed by atoms with Gasteiger partial charge in [-0.1, -0.05) is 115 Å².